The predicted octanol–water partition coefficient (Wildman–Crippen LogP) is 1.45. The van der Waals surface area contributed by atoms with Crippen LogP contribution in [-0.4, -0.2) is 18.2 Å². The Morgan fingerprint density at radius 2 is 1.94 bits per heavy atom. The maximum atomic E-state index is 11.4. The van der Waals surface area contributed by atoms with E-state index in [4.69, 9.17) is 5.14 Å². The first kappa shape index (κ1) is 13.2. The number of sulfonamides is 1. The minimum atomic E-state index is -3.69. The topological polar surface area (TPSA) is 78.0 Å². The number of primary sulfonamides is 1. The summed E-state index contributed by atoms with van der Waals surface area (Å²) < 4.78 is 24.4. The number of aromatic nitrogens is 2. The van der Waals surface area contributed by atoms with E-state index in [1.807, 2.05) is 20.8 Å². The third-order valence-corrected chi connectivity index (χ3v) is 3.58. The van der Waals surface area contributed by atoms with Crippen molar-refractivity contribution in [3.63, 3.8) is 0 Å². The Kier molecular flexibility index (Phi) is 4.09. The van der Waals surface area contributed by atoms with Crippen LogP contribution in [0.5, 0.6) is 0 Å². The summed E-state index contributed by atoms with van der Waals surface area (Å²) in [5.74, 6) is 0. The van der Waals surface area contributed by atoms with Crippen molar-refractivity contribution in [1.29, 1.82) is 0 Å². The van der Waals surface area contributed by atoms with E-state index in [1.165, 1.54) is 0 Å². The Bertz CT molecular complexity index is 447. The lowest BCUT2D eigenvalue weighted by Gasteiger charge is -2.15. The van der Waals surface area contributed by atoms with Gasteiger partial charge in [0.25, 0.3) is 10.0 Å². The van der Waals surface area contributed by atoms with Crippen molar-refractivity contribution in [3.05, 3.63) is 11.8 Å². The minimum Gasteiger partial charge on any atom is -0.250 e. The van der Waals surface area contributed by atoms with Gasteiger partial charge in [0.2, 0.25) is 0 Å². The molecule has 92 valence electrons. The Hall–Kier alpha value is -0.880. The molecule has 1 aromatic rings. The second kappa shape index (κ2) is 4.97. The van der Waals surface area contributed by atoms with E-state index in [0.29, 0.717) is 6.42 Å². The number of nitrogens with zero attached hydrogens (tertiary/aromatic N) is 2. The van der Waals surface area contributed by atoms with E-state index in [9.17, 15) is 8.42 Å². The van der Waals surface area contributed by atoms with Gasteiger partial charge in [-0.25, -0.2) is 18.2 Å². The first-order valence-corrected chi connectivity index (χ1v) is 7.09. The van der Waals surface area contributed by atoms with Gasteiger partial charge in [-0.1, -0.05) is 20.8 Å². The summed E-state index contributed by atoms with van der Waals surface area (Å²) in [4.78, 5) is 0. The number of nitrogens with two attached hydrogens (primary N) is 1. The molecule has 0 aliphatic heterocycles. The molecule has 5 nitrogen and oxygen atoms in total. The van der Waals surface area contributed by atoms with Crippen molar-refractivity contribution in [2.24, 2.45) is 5.14 Å². The van der Waals surface area contributed by atoms with E-state index in [-0.39, 0.29) is 11.1 Å². The fourth-order valence-corrected chi connectivity index (χ4v) is 2.46. The Balaban J connectivity index is 3.31. The summed E-state index contributed by atoms with van der Waals surface area (Å²) in [6.07, 6.45) is 2.38. The Labute approximate surface area is 96.7 Å². The van der Waals surface area contributed by atoms with E-state index in [2.05, 4.69) is 5.10 Å². The molecule has 0 spiro atoms. The normalized spacial score (nSPS) is 12.3. The van der Waals surface area contributed by atoms with Crippen LogP contribution in [0, 0.1) is 0 Å². The molecule has 1 aromatic heterocycles. The van der Waals surface area contributed by atoms with Gasteiger partial charge in [-0.15, -0.1) is 0 Å². The summed E-state index contributed by atoms with van der Waals surface area (Å²) in [7, 11) is -3.69. The average Bonchev–Trinajstić information content (AvgIpc) is 2.63. The molecular weight excluding hydrogens is 226 g/mol. The van der Waals surface area contributed by atoms with Crippen LogP contribution in [0.2, 0.25) is 0 Å². The zero-order valence-corrected chi connectivity index (χ0v) is 10.8. The Morgan fingerprint density at radius 1 is 1.38 bits per heavy atom. The van der Waals surface area contributed by atoms with Crippen LogP contribution >= 0.6 is 0 Å². The molecule has 6 heteroatoms. The molecule has 2 N–H and O–H groups in total. The standard InChI is InChI=1S/C10H19N3O2S/c1-4-8-7-10(16(11,14)15)13(12-8)9(5-2)6-3/h7,9H,4-6H2,1-3H3,(H2,11,14,15). The second-order valence-electron chi connectivity index (χ2n) is 3.79. The predicted molar refractivity (Wildman–Crippen MR) is 62.6 cm³/mol. The average molecular weight is 245 g/mol. The van der Waals surface area contributed by atoms with Gasteiger partial charge in [-0.3, -0.25) is 0 Å². The molecule has 0 radical (unpaired) electrons. The molecular formula is C10H19N3O2S. The van der Waals surface area contributed by atoms with E-state index in [1.54, 1.807) is 10.7 Å². The zero-order chi connectivity index (χ0) is 12.3. The van der Waals surface area contributed by atoms with Gasteiger partial charge in [-0.2, -0.15) is 5.10 Å². The minimum absolute atomic E-state index is 0.0913. The number of aryl methyl sites for hydroxylation is 1. The molecule has 0 amide bonds. The lowest BCUT2D eigenvalue weighted by Crippen LogP contribution is -2.20. The molecule has 0 fully saturated rings. The molecule has 0 saturated carbocycles. The first-order chi connectivity index (χ1) is 7.43. The second-order valence-corrected chi connectivity index (χ2v) is 5.30. The van der Waals surface area contributed by atoms with Crippen molar-refractivity contribution in [2.75, 3.05) is 0 Å². The molecule has 1 heterocycles. The van der Waals surface area contributed by atoms with Crippen LogP contribution in [0.15, 0.2) is 11.1 Å². The van der Waals surface area contributed by atoms with Crippen LogP contribution in [0.1, 0.15) is 45.3 Å². The van der Waals surface area contributed by atoms with Gasteiger partial charge < -0.3 is 0 Å². The zero-order valence-electron chi connectivity index (χ0n) is 9.97. The highest BCUT2D eigenvalue weighted by molar-refractivity contribution is 7.89. The lowest BCUT2D eigenvalue weighted by atomic mass is 10.2. The molecule has 0 aliphatic rings. The van der Waals surface area contributed by atoms with Crippen LogP contribution in [-0.2, 0) is 16.4 Å². The highest BCUT2D eigenvalue weighted by atomic mass is 32.2. The molecule has 1 rings (SSSR count). The molecule has 0 aliphatic carbocycles. The smallest absolute Gasteiger partial charge is 0.250 e. The number of hydrogen-bond donors (Lipinski definition) is 1. The third-order valence-electron chi connectivity index (χ3n) is 2.69. The summed E-state index contributed by atoms with van der Waals surface area (Å²) in [6.45, 7) is 5.95. The molecule has 0 unspecified atom stereocenters. The Morgan fingerprint density at radius 3 is 2.31 bits per heavy atom. The molecule has 0 bridgehead atoms. The SMILES string of the molecule is CCc1cc(S(N)(=O)=O)n(C(CC)CC)n1. The quantitative estimate of drug-likeness (QED) is 0.853. The van der Waals surface area contributed by atoms with Gasteiger partial charge in [0.05, 0.1) is 11.7 Å². The van der Waals surface area contributed by atoms with Crippen molar-refractivity contribution in [2.45, 2.75) is 51.1 Å². The van der Waals surface area contributed by atoms with Crippen LogP contribution in [0.3, 0.4) is 0 Å². The van der Waals surface area contributed by atoms with Crippen molar-refractivity contribution >= 4 is 10.0 Å². The van der Waals surface area contributed by atoms with Crippen molar-refractivity contribution in [1.82, 2.24) is 9.78 Å². The van der Waals surface area contributed by atoms with Gasteiger partial charge >= 0.3 is 0 Å². The lowest BCUT2D eigenvalue weighted by molar-refractivity contribution is 0.393. The number of rotatable bonds is 5. The molecule has 0 saturated heterocycles. The van der Waals surface area contributed by atoms with Gasteiger partial charge in [0.1, 0.15) is 0 Å². The third kappa shape index (κ3) is 2.62. The first-order valence-electron chi connectivity index (χ1n) is 5.55. The summed E-state index contributed by atoms with van der Waals surface area (Å²) in [6, 6.07) is 1.65. The largest absolute Gasteiger partial charge is 0.255 e. The fraction of sp³-hybridized carbons (Fsp3) is 0.700. The maximum absolute atomic E-state index is 11.4. The molecule has 0 aromatic carbocycles. The summed E-state index contributed by atoms with van der Waals surface area (Å²) in [5, 5.41) is 9.60. The van der Waals surface area contributed by atoms with Gasteiger partial charge in [-0.05, 0) is 25.3 Å². The van der Waals surface area contributed by atoms with Crippen LogP contribution < -0.4 is 5.14 Å². The van der Waals surface area contributed by atoms with E-state index in [0.717, 1.165) is 18.5 Å². The fourth-order valence-electron chi connectivity index (χ4n) is 1.71. The summed E-state index contributed by atoms with van der Waals surface area (Å²) in [5.41, 5.74) is 0.760. The van der Waals surface area contributed by atoms with E-state index < -0.39 is 10.0 Å². The van der Waals surface area contributed by atoms with Crippen molar-refractivity contribution in [3.8, 4) is 0 Å². The molecule has 16 heavy (non-hydrogen) atoms. The van der Waals surface area contributed by atoms with Gasteiger partial charge in [0.15, 0.2) is 5.03 Å². The molecule has 0 atom stereocenters. The van der Waals surface area contributed by atoms with Crippen LogP contribution in [0.4, 0.5) is 0 Å². The van der Waals surface area contributed by atoms with Crippen LogP contribution in [0.25, 0.3) is 0 Å². The van der Waals surface area contributed by atoms with Gasteiger partial charge in [0, 0.05) is 0 Å². The highest BCUT2D eigenvalue weighted by Crippen LogP contribution is 2.21. The highest BCUT2D eigenvalue weighted by Gasteiger charge is 2.21. The van der Waals surface area contributed by atoms with Crippen molar-refractivity contribution < 1.29 is 8.42 Å². The van der Waals surface area contributed by atoms with E-state index >= 15 is 0 Å². The number of hydrogen-bond acceptors (Lipinski definition) is 3. The maximum Gasteiger partial charge on any atom is 0.255 e. The monoisotopic (exact) mass is 245 g/mol. The summed E-state index contributed by atoms with van der Waals surface area (Å²) >= 11 is 0.